The van der Waals surface area contributed by atoms with Gasteiger partial charge in [-0.1, -0.05) is 13.0 Å². The van der Waals surface area contributed by atoms with Gasteiger partial charge in [-0.05, 0) is 6.42 Å². The third-order valence-corrected chi connectivity index (χ3v) is 2.68. The minimum atomic E-state index is 0.137. The molecule has 0 aromatic rings. The van der Waals surface area contributed by atoms with E-state index in [-0.39, 0.29) is 5.91 Å². The molecule has 1 amide bonds. The van der Waals surface area contributed by atoms with Crippen LogP contribution in [-0.2, 0) is 4.79 Å². The van der Waals surface area contributed by atoms with Crippen LogP contribution < -0.4 is 5.32 Å². The van der Waals surface area contributed by atoms with Gasteiger partial charge in [-0.25, -0.2) is 0 Å². The molecule has 0 radical (unpaired) electrons. The van der Waals surface area contributed by atoms with E-state index in [1.807, 2.05) is 18.7 Å². The van der Waals surface area contributed by atoms with Gasteiger partial charge in [0.05, 0.1) is 0 Å². The number of nitrogens with one attached hydrogen (secondary N) is 1. The maximum absolute atomic E-state index is 10.8. The summed E-state index contributed by atoms with van der Waals surface area (Å²) in [6, 6.07) is 0. The van der Waals surface area contributed by atoms with Crippen LogP contribution >= 0.6 is 11.8 Å². The average molecular weight is 171 g/mol. The van der Waals surface area contributed by atoms with Gasteiger partial charge in [-0.2, -0.15) is 0 Å². The van der Waals surface area contributed by atoms with Crippen LogP contribution in [0.3, 0.4) is 0 Å². The lowest BCUT2D eigenvalue weighted by atomic mass is 10.4. The number of allylic oxidation sites excluding steroid dienone is 1. The zero-order valence-electron chi connectivity index (χ0n) is 6.72. The standard InChI is InChI=1S/C8H13NOS/c1-2-8(10)9-6-7-4-3-5-11-7/h4H,2-3,5-6H2,1H3,(H,9,10). The quantitative estimate of drug-likeness (QED) is 0.697. The van der Waals surface area contributed by atoms with Gasteiger partial charge in [0.15, 0.2) is 0 Å². The third-order valence-electron chi connectivity index (χ3n) is 1.56. The second-order valence-electron chi connectivity index (χ2n) is 2.44. The molecule has 0 unspecified atom stereocenters. The van der Waals surface area contributed by atoms with Crippen LogP contribution in [-0.4, -0.2) is 18.2 Å². The Hall–Kier alpha value is -0.440. The molecule has 3 heteroatoms. The van der Waals surface area contributed by atoms with E-state index in [2.05, 4.69) is 11.4 Å². The molecule has 1 rings (SSSR count). The first-order valence-corrected chi connectivity index (χ1v) is 4.90. The summed E-state index contributed by atoms with van der Waals surface area (Å²) < 4.78 is 0. The molecule has 0 fully saturated rings. The highest BCUT2D eigenvalue weighted by atomic mass is 32.2. The van der Waals surface area contributed by atoms with E-state index in [1.165, 1.54) is 10.7 Å². The number of hydrogen-bond acceptors (Lipinski definition) is 2. The number of carbonyl (C=O) groups excluding carboxylic acids is 1. The highest BCUT2D eigenvalue weighted by Gasteiger charge is 2.05. The molecule has 0 saturated carbocycles. The van der Waals surface area contributed by atoms with Gasteiger partial charge >= 0.3 is 0 Å². The van der Waals surface area contributed by atoms with Crippen molar-refractivity contribution in [1.29, 1.82) is 0 Å². The Balaban J connectivity index is 2.16. The topological polar surface area (TPSA) is 29.1 Å². The molecule has 0 aromatic heterocycles. The van der Waals surface area contributed by atoms with E-state index in [0.29, 0.717) is 6.42 Å². The Morgan fingerprint density at radius 3 is 3.18 bits per heavy atom. The molecule has 11 heavy (non-hydrogen) atoms. The number of rotatable bonds is 3. The maximum Gasteiger partial charge on any atom is 0.219 e. The SMILES string of the molecule is CCC(=O)NCC1=CCCS1. The predicted molar refractivity (Wildman–Crippen MR) is 48.5 cm³/mol. The van der Waals surface area contributed by atoms with Gasteiger partial charge < -0.3 is 5.32 Å². The summed E-state index contributed by atoms with van der Waals surface area (Å²) in [4.78, 5) is 12.1. The van der Waals surface area contributed by atoms with E-state index in [9.17, 15) is 4.79 Å². The normalized spacial score (nSPS) is 16.3. The van der Waals surface area contributed by atoms with Crippen molar-refractivity contribution >= 4 is 17.7 Å². The molecule has 0 saturated heterocycles. The van der Waals surface area contributed by atoms with E-state index < -0.39 is 0 Å². The zero-order valence-corrected chi connectivity index (χ0v) is 7.54. The molecule has 1 aliphatic heterocycles. The van der Waals surface area contributed by atoms with Crippen molar-refractivity contribution in [2.75, 3.05) is 12.3 Å². The first-order valence-electron chi connectivity index (χ1n) is 3.91. The van der Waals surface area contributed by atoms with E-state index in [0.717, 1.165) is 13.0 Å². The minimum Gasteiger partial charge on any atom is -0.352 e. The number of hydrogen-bond donors (Lipinski definition) is 1. The van der Waals surface area contributed by atoms with Crippen molar-refractivity contribution in [1.82, 2.24) is 5.32 Å². The number of carbonyl (C=O) groups is 1. The van der Waals surface area contributed by atoms with Crippen LogP contribution in [0.2, 0.25) is 0 Å². The van der Waals surface area contributed by atoms with Crippen LogP contribution in [0.1, 0.15) is 19.8 Å². The molecular weight excluding hydrogens is 158 g/mol. The van der Waals surface area contributed by atoms with Crippen LogP contribution in [0.25, 0.3) is 0 Å². The summed E-state index contributed by atoms with van der Waals surface area (Å²) in [5, 5.41) is 2.85. The molecular formula is C8H13NOS. The summed E-state index contributed by atoms with van der Waals surface area (Å²) in [5.74, 6) is 1.32. The molecule has 2 nitrogen and oxygen atoms in total. The van der Waals surface area contributed by atoms with Crippen molar-refractivity contribution in [3.8, 4) is 0 Å². The summed E-state index contributed by atoms with van der Waals surface area (Å²) in [7, 11) is 0. The largest absolute Gasteiger partial charge is 0.352 e. The van der Waals surface area contributed by atoms with E-state index in [1.54, 1.807) is 0 Å². The van der Waals surface area contributed by atoms with Crippen molar-refractivity contribution in [3.05, 3.63) is 11.0 Å². The molecule has 0 aliphatic carbocycles. The van der Waals surface area contributed by atoms with Crippen molar-refractivity contribution in [2.24, 2.45) is 0 Å². The van der Waals surface area contributed by atoms with Crippen molar-refractivity contribution in [2.45, 2.75) is 19.8 Å². The fourth-order valence-electron chi connectivity index (χ4n) is 0.903. The van der Waals surface area contributed by atoms with Gasteiger partial charge in [0, 0.05) is 23.6 Å². The summed E-state index contributed by atoms with van der Waals surface area (Å²) in [6.45, 7) is 2.60. The lowest BCUT2D eigenvalue weighted by Gasteiger charge is -2.02. The molecule has 0 aromatic carbocycles. The predicted octanol–water partition coefficient (Wildman–Crippen LogP) is 1.53. The lowest BCUT2D eigenvalue weighted by molar-refractivity contribution is -0.120. The van der Waals surface area contributed by atoms with Gasteiger partial charge in [-0.15, -0.1) is 11.8 Å². The molecule has 1 aliphatic rings. The Morgan fingerprint density at radius 2 is 2.64 bits per heavy atom. The summed E-state index contributed by atoms with van der Waals surface area (Å²) >= 11 is 1.84. The second kappa shape index (κ2) is 4.44. The number of amides is 1. The molecule has 0 atom stereocenters. The highest BCUT2D eigenvalue weighted by molar-refractivity contribution is 8.03. The highest BCUT2D eigenvalue weighted by Crippen LogP contribution is 2.23. The first-order chi connectivity index (χ1) is 5.33. The van der Waals surface area contributed by atoms with Gasteiger partial charge in [0.25, 0.3) is 0 Å². The zero-order chi connectivity index (χ0) is 8.10. The fourth-order valence-corrected chi connectivity index (χ4v) is 1.81. The van der Waals surface area contributed by atoms with Gasteiger partial charge in [-0.3, -0.25) is 4.79 Å². The Morgan fingerprint density at radius 1 is 1.82 bits per heavy atom. The van der Waals surface area contributed by atoms with E-state index >= 15 is 0 Å². The third kappa shape index (κ3) is 2.97. The molecule has 0 bridgehead atoms. The van der Waals surface area contributed by atoms with Crippen LogP contribution in [0, 0.1) is 0 Å². The first kappa shape index (κ1) is 8.65. The second-order valence-corrected chi connectivity index (χ2v) is 3.66. The molecule has 1 heterocycles. The molecule has 1 N–H and O–H groups in total. The molecule has 0 spiro atoms. The van der Waals surface area contributed by atoms with Crippen LogP contribution in [0.15, 0.2) is 11.0 Å². The monoisotopic (exact) mass is 171 g/mol. The van der Waals surface area contributed by atoms with E-state index in [4.69, 9.17) is 0 Å². The summed E-state index contributed by atoms with van der Waals surface area (Å²) in [6.07, 6.45) is 3.93. The van der Waals surface area contributed by atoms with Gasteiger partial charge in [0.1, 0.15) is 0 Å². The lowest BCUT2D eigenvalue weighted by Crippen LogP contribution is -2.23. The average Bonchev–Trinajstić information content (AvgIpc) is 2.52. The Kier molecular flexibility index (Phi) is 3.49. The maximum atomic E-state index is 10.8. The fraction of sp³-hybridized carbons (Fsp3) is 0.625. The molecule has 62 valence electrons. The Bertz CT molecular complexity index is 177. The van der Waals surface area contributed by atoms with Crippen molar-refractivity contribution < 1.29 is 4.79 Å². The minimum absolute atomic E-state index is 0.137. The summed E-state index contributed by atoms with van der Waals surface area (Å²) in [5.41, 5.74) is 0. The van der Waals surface area contributed by atoms with Crippen LogP contribution in [0.4, 0.5) is 0 Å². The smallest absolute Gasteiger partial charge is 0.219 e. The van der Waals surface area contributed by atoms with Crippen LogP contribution in [0.5, 0.6) is 0 Å². The van der Waals surface area contributed by atoms with Gasteiger partial charge in [0.2, 0.25) is 5.91 Å². The van der Waals surface area contributed by atoms with Crippen molar-refractivity contribution in [3.63, 3.8) is 0 Å². The number of thioether (sulfide) groups is 1. The Labute approximate surface area is 71.4 Å².